The minimum absolute atomic E-state index is 0.0227. The monoisotopic (exact) mass is 394 g/mol. The molecule has 9 heteroatoms. The van der Waals surface area contributed by atoms with Crippen molar-refractivity contribution in [3.05, 3.63) is 36.3 Å². The molecule has 6 nitrogen and oxygen atoms in total. The third-order valence-electron chi connectivity index (χ3n) is 5.34. The summed E-state index contributed by atoms with van der Waals surface area (Å²) in [4.78, 5) is 13.9. The number of alkyl halides is 3. The molecule has 0 radical (unpaired) electrons. The molecule has 0 N–H and O–H groups in total. The highest BCUT2D eigenvalue weighted by Crippen LogP contribution is 2.37. The molecule has 150 valence electrons. The van der Waals surface area contributed by atoms with Gasteiger partial charge in [0.1, 0.15) is 5.82 Å². The molecule has 28 heavy (non-hydrogen) atoms. The van der Waals surface area contributed by atoms with Gasteiger partial charge in [0.05, 0.1) is 13.2 Å². The number of nitrogens with zero attached hydrogens (tertiary/aromatic N) is 4. The van der Waals surface area contributed by atoms with Gasteiger partial charge in [-0.25, -0.2) is 9.97 Å². The van der Waals surface area contributed by atoms with Crippen molar-refractivity contribution >= 4 is 5.82 Å². The van der Waals surface area contributed by atoms with Gasteiger partial charge < -0.3 is 14.4 Å². The molecule has 0 aromatic carbocycles. The molecule has 0 aliphatic carbocycles. The quantitative estimate of drug-likeness (QED) is 0.794. The number of anilines is 1. The zero-order chi connectivity index (χ0) is 19.8. The second-order valence-corrected chi connectivity index (χ2v) is 7.15. The number of hydrogen-bond acceptors (Lipinski definition) is 6. The number of halogens is 3. The third-order valence-corrected chi connectivity index (χ3v) is 5.34. The van der Waals surface area contributed by atoms with E-state index >= 15 is 0 Å². The molecule has 2 aromatic heterocycles. The highest BCUT2D eigenvalue weighted by molar-refractivity contribution is 5.57. The van der Waals surface area contributed by atoms with Crippen molar-refractivity contribution < 1.29 is 22.6 Å². The summed E-state index contributed by atoms with van der Waals surface area (Å²) in [7, 11) is 0. The average Bonchev–Trinajstić information content (AvgIpc) is 3.16. The van der Waals surface area contributed by atoms with E-state index in [-0.39, 0.29) is 17.6 Å². The Bertz CT molecular complexity index is 818. The highest BCUT2D eigenvalue weighted by atomic mass is 19.4. The number of rotatable bonds is 3. The summed E-state index contributed by atoms with van der Waals surface area (Å²) in [6.45, 7) is 4.24. The average molecular weight is 394 g/mol. The molecule has 2 fully saturated rings. The largest absolute Gasteiger partial charge is 0.433 e. The van der Waals surface area contributed by atoms with E-state index in [1.807, 2.05) is 11.8 Å². The predicted molar refractivity (Wildman–Crippen MR) is 95.5 cm³/mol. The zero-order valence-electron chi connectivity index (χ0n) is 15.4. The van der Waals surface area contributed by atoms with Crippen LogP contribution in [0.3, 0.4) is 0 Å². The number of hydrogen-bond donors (Lipinski definition) is 0. The minimum atomic E-state index is -4.55. The molecule has 4 heterocycles. The Morgan fingerprint density at radius 3 is 2.46 bits per heavy atom. The standard InChI is InChI=1S/C19H21F3N4O2/c1-18(27-9-10-28-18)14-4-7-26(8-5-14)16-11-15(19(20,21)22)24-17(25-16)13-3-2-6-23-12-13/h2-3,6,11-12,14H,4-5,7-10H2,1H3. The van der Waals surface area contributed by atoms with Crippen LogP contribution in [0.5, 0.6) is 0 Å². The first-order valence-electron chi connectivity index (χ1n) is 9.25. The summed E-state index contributed by atoms with van der Waals surface area (Å²) in [6, 6.07) is 4.31. The lowest BCUT2D eigenvalue weighted by atomic mass is 9.89. The Kier molecular flexibility index (Phi) is 4.96. The van der Waals surface area contributed by atoms with Gasteiger partial charge in [-0.15, -0.1) is 0 Å². The number of pyridine rings is 1. The molecule has 0 spiro atoms. The van der Waals surface area contributed by atoms with E-state index in [0.29, 0.717) is 31.9 Å². The van der Waals surface area contributed by atoms with Crippen molar-refractivity contribution in [2.45, 2.75) is 31.7 Å². The van der Waals surface area contributed by atoms with Crippen molar-refractivity contribution in [2.24, 2.45) is 5.92 Å². The van der Waals surface area contributed by atoms with E-state index in [2.05, 4.69) is 15.0 Å². The molecule has 2 aliphatic rings. The second-order valence-electron chi connectivity index (χ2n) is 7.15. The van der Waals surface area contributed by atoms with Crippen LogP contribution in [0, 0.1) is 5.92 Å². The maximum atomic E-state index is 13.4. The lowest BCUT2D eigenvalue weighted by molar-refractivity contribution is -0.185. The summed E-state index contributed by atoms with van der Waals surface area (Å²) in [5, 5.41) is 0. The Morgan fingerprint density at radius 1 is 1.14 bits per heavy atom. The summed E-state index contributed by atoms with van der Waals surface area (Å²) in [5.74, 6) is -0.101. The molecule has 4 rings (SSSR count). The zero-order valence-corrected chi connectivity index (χ0v) is 15.4. The van der Waals surface area contributed by atoms with Crippen molar-refractivity contribution in [1.82, 2.24) is 15.0 Å². The van der Waals surface area contributed by atoms with Gasteiger partial charge in [0.15, 0.2) is 17.3 Å². The third kappa shape index (κ3) is 3.81. The number of piperidine rings is 1. The molecule has 0 atom stereocenters. The smallest absolute Gasteiger partial charge is 0.356 e. The summed E-state index contributed by atoms with van der Waals surface area (Å²) < 4.78 is 51.6. The summed E-state index contributed by atoms with van der Waals surface area (Å²) in [5.41, 5.74) is -0.502. The number of aromatic nitrogens is 3. The SMILES string of the molecule is CC1(C2CCN(c3cc(C(F)(F)F)nc(-c4cccnc4)n3)CC2)OCCO1. The molecule has 0 amide bonds. The van der Waals surface area contributed by atoms with E-state index < -0.39 is 17.7 Å². The molecule has 2 aliphatic heterocycles. The first-order valence-corrected chi connectivity index (χ1v) is 9.25. The van der Waals surface area contributed by atoms with Crippen LogP contribution in [0.2, 0.25) is 0 Å². The molecule has 0 bridgehead atoms. The second kappa shape index (κ2) is 7.29. The fourth-order valence-corrected chi connectivity index (χ4v) is 3.76. The Labute approximate surface area is 160 Å². The van der Waals surface area contributed by atoms with Crippen LogP contribution < -0.4 is 4.90 Å². The summed E-state index contributed by atoms with van der Waals surface area (Å²) >= 11 is 0. The van der Waals surface area contributed by atoms with E-state index in [1.54, 1.807) is 18.3 Å². The van der Waals surface area contributed by atoms with Crippen LogP contribution in [0.15, 0.2) is 30.6 Å². The molecule has 0 unspecified atom stereocenters. The highest BCUT2D eigenvalue weighted by Gasteiger charge is 2.42. The lowest BCUT2D eigenvalue weighted by Gasteiger charge is -2.39. The Balaban J connectivity index is 1.59. The molecular weight excluding hydrogens is 373 g/mol. The van der Waals surface area contributed by atoms with Gasteiger partial charge >= 0.3 is 6.18 Å². The first kappa shape index (κ1) is 19.1. The first-order chi connectivity index (χ1) is 13.4. The van der Waals surface area contributed by atoms with Gasteiger partial charge in [-0.3, -0.25) is 4.98 Å². The van der Waals surface area contributed by atoms with Gasteiger partial charge in [-0.1, -0.05) is 0 Å². The van der Waals surface area contributed by atoms with E-state index in [9.17, 15) is 13.2 Å². The van der Waals surface area contributed by atoms with E-state index in [1.165, 1.54) is 6.20 Å². The van der Waals surface area contributed by atoms with Crippen LogP contribution in [0.4, 0.5) is 19.0 Å². The van der Waals surface area contributed by atoms with Gasteiger partial charge in [-0.05, 0) is 31.9 Å². The summed E-state index contributed by atoms with van der Waals surface area (Å²) in [6.07, 6.45) is -0.0300. The normalized spacial score (nSPS) is 20.5. The van der Waals surface area contributed by atoms with Crippen molar-refractivity contribution in [3.8, 4) is 11.4 Å². The predicted octanol–water partition coefficient (Wildman–Crippen LogP) is 3.54. The van der Waals surface area contributed by atoms with Crippen molar-refractivity contribution in [3.63, 3.8) is 0 Å². The minimum Gasteiger partial charge on any atom is -0.356 e. The number of ether oxygens (including phenoxy) is 2. The fourth-order valence-electron chi connectivity index (χ4n) is 3.76. The van der Waals surface area contributed by atoms with E-state index in [0.717, 1.165) is 18.9 Å². The maximum absolute atomic E-state index is 13.4. The molecule has 2 saturated heterocycles. The van der Waals surface area contributed by atoms with Gasteiger partial charge in [0.2, 0.25) is 0 Å². The fraction of sp³-hybridized carbons (Fsp3) is 0.526. The maximum Gasteiger partial charge on any atom is 0.433 e. The van der Waals surface area contributed by atoms with Gasteiger partial charge in [0, 0.05) is 43.0 Å². The van der Waals surface area contributed by atoms with Gasteiger partial charge in [-0.2, -0.15) is 13.2 Å². The molecule has 0 saturated carbocycles. The van der Waals surface area contributed by atoms with Crippen molar-refractivity contribution in [1.29, 1.82) is 0 Å². The van der Waals surface area contributed by atoms with Gasteiger partial charge in [0.25, 0.3) is 0 Å². The topological polar surface area (TPSA) is 60.4 Å². The Morgan fingerprint density at radius 2 is 1.86 bits per heavy atom. The Hall–Kier alpha value is -2.26. The van der Waals surface area contributed by atoms with Crippen molar-refractivity contribution in [2.75, 3.05) is 31.2 Å². The van der Waals surface area contributed by atoms with Crippen LogP contribution in [0.25, 0.3) is 11.4 Å². The van der Waals surface area contributed by atoms with Crippen LogP contribution in [0.1, 0.15) is 25.5 Å². The molecule has 2 aromatic rings. The van der Waals surface area contributed by atoms with Crippen LogP contribution >= 0.6 is 0 Å². The van der Waals surface area contributed by atoms with Crippen LogP contribution in [-0.4, -0.2) is 47.0 Å². The lowest BCUT2D eigenvalue weighted by Crippen LogP contribution is -2.44. The molecular formula is C19H21F3N4O2. The van der Waals surface area contributed by atoms with Crippen LogP contribution in [-0.2, 0) is 15.7 Å². The van der Waals surface area contributed by atoms with E-state index in [4.69, 9.17) is 9.47 Å².